The van der Waals surface area contributed by atoms with Crippen LogP contribution in [0.3, 0.4) is 0 Å². The fraction of sp³-hybridized carbons (Fsp3) is 0.600. The second-order valence-electron chi connectivity index (χ2n) is 3.14. The Labute approximate surface area is 84.7 Å². The second-order valence-corrected chi connectivity index (χ2v) is 3.14. The van der Waals surface area contributed by atoms with Gasteiger partial charge in [0.1, 0.15) is 6.61 Å². The SMILES string of the molecule is CCCNCCOc1ncc(C)cn1. The molecule has 0 aliphatic heterocycles. The van der Waals surface area contributed by atoms with Crippen LogP contribution in [0.15, 0.2) is 12.4 Å². The van der Waals surface area contributed by atoms with E-state index in [0.29, 0.717) is 12.6 Å². The normalized spacial score (nSPS) is 10.1. The number of aromatic nitrogens is 2. The number of aryl methyl sites for hydroxylation is 1. The van der Waals surface area contributed by atoms with Gasteiger partial charge in [0.25, 0.3) is 0 Å². The molecule has 1 heterocycles. The van der Waals surface area contributed by atoms with Crippen LogP contribution in [0.1, 0.15) is 18.9 Å². The molecule has 0 fully saturated rings. The topological polar surface area (TPSA) is 47.0 Å². The average Bonchev–Trinajstić information content (AvgIpc) is 2.21. The van der Waals surface area contributed by atoms with E-state index >= 15 is 0 Å². The largest absolute Gasteiger partial charge is 0.462 e. The Bertz CT molecular complexity index is 248. The average molecular weight is 195 g/mol. The fourth-order valence-electron chi connectivity index (χ4n) is 0.972. The molecular formula is C10H17N3O. The van der Waals surface area contributed by atoms with E-state index in [2.05, 4.69) is 22.2 Å². The molecule has 0 aliphatic rings. The van der Waals surface area contributed by atoms with E-state index in [1.165, 1.54) is 0 Å². The molecule has 1 aromatic rings. The molecule has 0 radical (unpaired) electrons. The van der Waals surface area contributed by atoms with Gasteiger partial charge < -0.3 is 10.1 Å². The predicted molar refractivity (Wildman–Crippen MR) is 55.4 cm³/mol. The van der Waals surface area contributed by atoms with E-state index in [1.807, 2.05) is 6.92 Å². The Balaban J connectivity index is 2.15. The van der Waals surface area contributed by atoms with Crippen molar-refractivity contribution in [2.24, 2.45) is 0 Å². The summed E-state index contributed by atoms with van der Waals surface area (Å²) >= 11 is 0. The van der Waals surface area contributed by atoms with Crippen LogP contribution in [0.2, 0.25) is 0 Å². The van der Waals surface area contributed by atoms with Gasteiger partial charge in [-0.2, -0.15) is 0 Å². The van der Waals surface area contributed by atoms with Crippen LogP contribution in [-0.4, -0.2) is 29.7 Å². The van der Waals surface area contributed by atoms with Gasteiger partial charge in [-0.1, -0.05) is 6.92 Å². The van der Waals surface area contributed by atoms with Crippen LogP contribution in [0.5, 0.6) is 6.01 Å². The highest BCUT2D eigenvalue weighted by Crippen LogP contribution is 2.00. The van der Waals surface area contributed by atoms with Gasteiger partial charge in [-0.3, -0.25) is 0 Å². The van der Waals surface area contributed by atoms with Crippen LogP contribution in [0.4, 0.5) is 0 Å². The van der Waals surface area contributed by atoms with Crippen LogP contribution in [0, 0.1) is 6.92 Å². The molecule has 0 amide bonds. The monoisotopic (exact) mass is 195 g/mol. The number of nitrogens with one attached hydrogen (secondary N) is 1. The summed E-state index contributed by atoms with van der Waals surface area (Å²) in [6.45, 7) is 6.57. The first-order chi connectivity index (χ1) is 6.83. The second kappa shape index (κ2) is 6.32. The molecule has 0 spiro atoms. The Morgan fingerprint density at radius 2 is 2.00 bits per heavy atom. The molecule has 0 aliphatic carbocycles. The summed E-state index contributed by atoms with van der Waals surface area (Å²) in [5.74, 6) is 0. The maximum Gasteiger partial charge on any atom is 0.316 e. The summed E-state index contributed by atoms with van der Waals surface area (Å²) in [6, 6.07) is 0.453. The maximum absolute atomic E-state index is 5.32. The van der Waals surface area contributed by atoms with E-state index in [1.54, 1.807) is 12.4 Å². The highest BCUT2D eigenvalue weighted by atomic mass is 16.5. The molecule has 0 saturated heterocycles. The standard InChI is InChI=1S/C10H17N3O/c1-3-4-11-5-6-14-10-12-7-9(2)8-13-10/h7-8,11H,3-6H2,1-2H3. The molecular weight excluding hydrogens is 178 g/mol. The third-order valence-electron chi connectivity index (χ3n) is 1.69. The number of hydrogen-bond donors (Lipinski definition) is 1. The van der Waals surface area contributed by atoms with Gasteiger partial charge >= 0.3 is 6.01 Å². The Kier molecular flexibility index (Phi) is 4.93. The van der Waals surface area contributed by atoms with Gasteiger partial charge in [-0.25, -0.2) is 9.97 Å². The first kappa shape index (κ1) is 10.9. The third-order valence-corrected chi connectivity index (χ3v) is 1.69. The molecule has 0 atom stereocenters. The minimum Gasteiger partial charge on any atom is -0.462 e. The summed E-state index contributed by atoms with van der Waals surface area (Å²) in [5, 5.41) is 3.24. The maximum atomic E-state index is 5.32. The molecule has 0 saturated carbocycles. The van der Waals surface area contributed by atoms with E-state index in [-0.39, 0.29) is 0 Å². The summed E-state index contributed by atoms with van der Waals surface area (Å²) in [7, 11) is 0. The lowest BCUT2D eigenvalue weighted by Gasteiger charge is -2.04. The van der Waals surface area contributed by atoms with Gasteiger partial charge in [0.2, 0.25) is 0 Å². The summed E-state index contributed by atoms with van der Waals surface area (Å²) in [5.41, 5.74) is 1.04. The van der Waals surface area contributed by atoms with Crippen LogP contribution < -0.4 is 10.1 Å². The lowest BCUT2D eigenvalue weighted by Crippen LogP contribution is -2.22. The van der Waals surface area contributed by atoms with Crippen molar-refractivity contribution in [3.8, 4) is 6.01 Å². The molecule has 4 nitrogen and oxygen atoms in total. The summed E-state index contributed by atoms with van der Waals surface area (Å²) in [6.07, 6.45) is 4.64. The first-order valence-electron chi connectivity index (χ1n) is 4.95. The third kappa shape index (κ3) is 4.18. The minimum absolute atomic E-state index is 0.453. The van der Waals surface area contributed by atoms with Crippen molar-refractivity contribution in [3.05, 3.63) is 18.0 Å². The van der Waals surface area contributed by atoms with Gasteiger partial charge in [-0.05, 0) is 25.5 Å². The fourth-order valence-corrected chi connectivity index (χ4v) is 0.972. The van der Waals surface area contributed by atoms with Crippen molar-refractivity contribution in [1.82, 2.24) is 15.3 Å². The molecule has 14 heavy (non-hydrogen) atoms. The van der Waals surface area contributed by atoms with E-state index in [4.69, 9.17) is 4.74 Å². The number of hydrogen-bond acceptors (Lipinski definition) is 4. The highest BCUT2D eigenvalue weighted by molar-refractivity contribution is 5.04. The number of rotatable bonds is 6. The minimum atomic E-state index is 0.453. The Hall–Kier alpha value is -1.16. The summed E-state index contributed by atoms with van der Waals surface area (Å²) < 4.78 is 5.32. The smallest absolute Gasteiger partial charge is 0.316 e. The van der Waals surface area contributed by atoms with Gasteiger partial charge in [0, 0.05) is 18.9 Å². The van der Waals surface area contributed by atoms with Crippen molar-refractivity contribution in [2.75, 3.05) is 19.7 Å². The van der Waals surface area contributed by atoms with E-state index < -0.39 is 0 Å². The molecule has 1 rings (SSSR count). The van der Waals surface area contributed by atoms with Gasteiger partial charge in [-0.15, -0.1) is 0 Å². The van der Waals surface area contributed by atoms with Crippen molar-refractivity contribution in [1.29, 1.82) is 0 Å². The Morgan fingerprint density at radius 3 is 2.64 bits per heavy atom. The summed E-state index contributed by atoms with van der Waals surface area (Å²) in [4.78, 5) is 8.07. The highest BCUT2D eigenvalue weighted by Gasteiger charge is 1.95. The molecule has 1 aromatic heterocycles. The van der Waals surface area contributed by atoms with E-state index in [9.17, 15) is 0 Å². The predicted octanol–water partition coefficient (Wildman–Crippen LogP) is 1.16. The zero-order valence-corrected chi connectivity index (χ0v) is 8.79. The lowest BCUT2D eigenvalue weighted by atomic mass is 10.4. The van der Waals surface area contributed by atoms with Crippen molar-refractivity contribution in [2.45, 2.75) is 20.3 Å². The van der Waals surface area contributed by atoms with Crippen LogP contribution in [0.25, 0.3) is 0 Å². The molecule has 4 heteroatoms. The van der Waals surface area contributed by atoms with Crippen molar-refractivity contribution < 1.29 is 4.74 Å². The zero-order chi connectivity index (χ0) is 10.2. The zero-order valence-electron chi connectivity index (χ0n) is 8.79. The molecule has 0 bridgehead atoms. The lowest BCUT2D eigenvalue weighted by molar-refractivity contribution is 0.290. The van der Waals surface area contributed by atoms with Gasteiger partial charge in [0.05, 0.1) is 0 Å². The quantitative estimate of drug-likeness (QED) is 0.692. The molecule has 78 valence electrons. The van der Waals surface area contributed by atoms with Crippen molar-refractivity contribution in [3.63, 3.8) is 0 Å². The number of nitrogens with zero attached hydrogens (tertiary/aromatic N) is 2. The number of ether oxygens (including phenoxy) is 1. The Morgan fingerprint density at radius 1 is 1.29 bits per heavy atom. The van der Waals surface area contributed by atoms with Crippen LogP contribution >= 0.6 is 0 Å². The van der Waals surface area contributed by atoms with Crippen molar-refractivity contribution >= 4 is 0 Å². The molecule has 0 unspecified atom stereocenters. The van der Waals surface area contributed by atoms with E-state index in [0.717, 1.165) is 25.1 Å². The molecule has 1 N–H and O–H groups in total. The van der Waals surface area contributed by atoms with Gasteiger partial charge in [0.15, 0.2) is 0 Å². The first-order valence-corrected chi connectivity index (χ1v) is 4.95. The van der Waals surface area contributed by atoms with Crippen LogP contribution in [-0.2, 0) is 0 Å². The molecule has 0 aromatic carbocycles.